The topological polar surface area (TPSA) is 80.6 Å². The lowest BCUT2D eigenvalue weighted by Crippen LogP contribution is -2.77. The molecule has 1 aromatic carbocycles. The van der Waals surface area contributed by atoms with Crippen LogP contribution in [0.3, 0.4) is 0 Å². The molecule has 164 valence electrons. The fourth-order valence-electron chi connectivity index (χ4n) is 6.40. The molecule has 5 rings (SSSR count). The van der Waals surface area contributed by atoms with Gasteiger partial charge in [-0.2, -0.15) is 0 Å². The quantitative estimate of drug-likeness (QED) is 0.376. The van der Waals surface area contributed by atoms with Crippen molar-refractivity contribution in [1.82, 2.24) is 4.90 Å². The van der Waals surface area contributed by atoms with Gasteiger partial charge in [0.05, 0.1) is 30.3 Å². The summed E-state index contributed by atoms with van der Waals surface area (Å²) in [6.07, 6.45) is 3.42. The van der Waals surface area contributed by atoms with Gasteiger partial charge in [-0.1, -0.05) is 12.1 Å². The third kappa shape index (κ3) is 2.63. The molecule has 30 heavy (non-hydrogen) atoms. The highest BCUT2D eigenvalue weighted by Gasteiger charge is 2.72. The van der Waals surface area contributed by atoms with Gasteiger partial charge in [0.1, 0.15) is 6.10 Å². The molecule has 1 spiro atoms. The maximum Gasteiger partial charge on any atom is 0.189 e. The zero-order valence-electron chi connectivity index (χ0n) is 17.5. The van der Waals surface area contributed by atoms with Gasteiger partial charge < -0.3 is 29.2 Å². The minimum atomic E-state index is -0.940. The summed E-state index contributed by atoms with van der Waals surface area (Å²) >= 11 is 0. The van der Waals surface area contributed by atoms with Crippen molar-refractivity contribution in [3.63, 3.8) is 0 Å². The van der Waals surface area contributed by atoms with Crippen LogP contribution in [0, 0.1) is 0 Å². The molecule has 2 aliphatic heterocycles. The van der Waals surface area contributed by atoms with Gasteiger partial charge in [0.25, 0.3) is 0 Å². The molecule has 1 aromatic rings. The number of rotatable bonds is 8. The highest BCUT2D eigenvalue weighted by atomic mass is 16.7. The first kappa shape index (κ1) is 20.3. The summed E-state index contributed by atoms with van der Waals surface area (Å²) in [6, 6.07) is 4.00. The molecule has 1 saturated carbocycles. The summed E-state index contributed by atoms with van der Waals surface area (Å²) in [4.78, 5) is 2.34. The number of benzene rings is 1. The minimum absolute atomic E-state index is 0.00885. The van der Waals surface area contributed by atoms with E-state index in [0.717, 1.165) is 31.5 Å². The van der Waals surface area contributed by atoms with Crippen LogP contribution in [0.25, 0.3) is 0 Å². The second-order valence-corrected chi connectivity index (χ2v) is 8.88. The largest absolute Gasteiger partial charge is 0.482 e. The van der Waals surface area contributed by atoms with Crippen LogP contribution in [0.5, 0.6) is 11.5 Å². The standard InChI is InChI=1S/C23H31NO6/c1-3-9-24-10-8-22-19-15-4-5-17(29-14-28-12-11-27-2)20(19)30-21(22)16(25)6-7-23(22,26)18(24)13-15/h3-5,16,18,21,25-26H,1,6-14H2,2H3/t16-,18+,21-,22-,23+/m0/s1. The lowest BCUT2D eigenvalue weighted by Gasteiger charge is -2.63. The van der Waals surface area contributed by atoms with E-state index in [4.69, 9.17) is 18.9 Å². The van der Waals surface area contributed by atoms with Crippen molar-refractivity contribution in [2.45, 2.75) is 54.9 Å². The molecule has 1 saturated heterocycles. The van der Waals surface area contributed by atoms with Crippen molar-refractivity contribution in [2.75, 3.05) is 40.2 Å². The van der Waals surface area contributed by atoms with E-state index < -0.39 is 23.2 Å². The Hall–Kier alpha value is -1.64. The first-order valence-corrected chi connectivity index (χ1v) is 10.8. The van der Waals surface area contributed by atoms with Crippen LogP contribution >= 0.6 is 0 Å². The molecule has 7 heteroatoms. The zero-order chi connectivity index (χ0) is 20.9. The van der Waals surface area contributed by atoms with Gasteiger partial charge in [-0.15, -0.1) is 6.58 Å². The molecular formula is C23H31NO6. The van der Waals surface area contributed by atoms with Gasteiger partial charge in [-0.25, -0.2) is 0 Å². The number of aliphatic hydroxyl groups is 2. The predicted octanol–water partition coefficient (Wildman–Crippen LogP) is 1.39. The van der Waals surface area contributed by atoms with E-state index in [1.54, 1.807) is 7.11 Å². The van der Waals surface area contributed by atoms with Gasteiger partial charge in [-0.3, -0.25) is 4.90 Å². The van der Waals surface area contributed by atoms with Crippen molar-refractivity contribution in [1.29, 1.82) is 0 Å². The molecule has 0 amide bonds. The van der Waals surface area contributed by atoms with E-state index in [-0.39, 0.29) is 12.8 Å². The number of hydrogen-bond acceptors (Lipinski definition) is 7. The molecule has 2 aliphatic carbocycles. The number of ether oxygens (including phenoxy) is 4. The van der Waals surface area contributed by atoms with Crippen LogP contribution < -0.4 is 9.47 Å². The summed E-state index contributed by atoms with van der Waals surface area (Å²) in [5.74, 6) is 1.28. The molecule has 0 aromatic heterocycles. The Kier molecular flexibility index (Phi) is 5.07. The van der Waals surface area contributed by atoms with Crippen molar-refractivity contribution < 1.29 is 29.2 Å². The number of aliphatic hydroxyl groups excluding tert-OH is 1. The number of nitrogens with zero attached hydrogens (tertiary/aromatic N) is 1. The minimum Gasteiger partial charge on any atom is -0.482 e. The molecule has 0 radical (unpaired) electrons. The average molecular weight is 418 g/mol. The van der Waals surface area contributed by atoms with E-state index in [1.165, 1.54) is 5.56 Å². The maximum absolute atomic E-state index is 12.1. The zero-order valence-corrected chi connectivity index (χ0v) is 17.5. The SMILES string of the molecule is C=CCN1CC[C@]23c4c5ccc(OCOCCOC)c4O[C@H]2[C@@H](O)CC[C@@]3(O)[C@H]1C5. The molecule has 2 N–H and O–H groups in total. The lowest BCUT2D eigenvalue weighted by atomic mass is 9.48. The second-order valence-electron chi connectivity index (χ2n) is 8.88. The number of methoxy groups -OCH3 is 1. The van der Waals surface area contributed by atoms with Crippen molar-refractivity contribution in [3.05, 3.63) is 35.9 Å². The van der Waals surface area contributed by atoms with E-state index in [2.05, 4.69) is 17.5 Å². The Morgan fingerprint density at radius 2 is 2.20 bits per heavy atom. The normalized spacial score (nSPS) is 36.2. The Morgan fingerprint density at radius 3 is 3.00 bits per heavy atom. The van der Waals surface area contributed by atoms with Crippen LogP contribution in [0.2, 0.25) is 0 Å². The van der Waals surface area contributed by atoms with Gasteiger partial charge in [0.2, 0.25) is 0 Å². The lowest BCUT2D eigenvalue weighted by molar-refractivity contribution is -0.206. The Labute approximate surface area is 177 Å². The third-order valence-corrected chi connectivity index (χ3v) is 7.62. The van der Waals surface area contributed by atoms with E-state index in [1.807, 2.05) is 12.1 Å². The fraction of sp³-hybridized carbons (Fsp3) is 0.652. The highest BCUT2D eigenvalue weighted by molar-refractivity contribution is 5.63. The molecule has 2 fully saturated rings. The third-order valence-electron chi connectivity index (χ3n) is 7.62. The van der Waals surface area contributed by atoms with Crippen LogP contribution in [0.1, 0.15) is 30.4 Å². The number of likely N-dealkylation sites (tertiary alicyclic amines) is 1. The molecule has 7 nitrogen and oxygen atoms in total. The van der Waals surface area contributed by atoms with E-state index in [0.29, 0.717) is 37.6 Å². The van der Waals surface area contributed by atoms with E-state index >= 15 is 0 Å². The van der Waals surface area contributed by atoms with Gasteiger partial charge in [0, 0.05) is 25.3 Å². The van der Waals surface area contributed by atoms with Crippen LogP contribution in [-0.4, -0.2) is 79.2 Å². The van der Waals surface area contributed by atoms with Crippen LogP contribution in [0.4, 0.5) is 0 Å². The Bertz CT molecular complexity index is 830. The maximum atomic E-state index is 12.1. The first-order valence-electron chi connectivity index (χ1n) is 10.8. The smallest absolute Gasteiger partial charge is 0.189 e. The summed E-state index contributed by atoms with van der Waals surface area (Å²) in [5, 5.41) is 23.0. The van der Waals surface area contributed by atoms with Gasteiger partial charge >= 0.3 is 0 Å². The average Bonchev–Trinajstić information content (AvgIpc) is 3.09. The van der Waals surface area contributed by atoms with Crippen molar-refractivity contribution >= 4 is 0 Å². The van der Waals surface area contributed by atoms with Gasteiger partial charge in [0.15, 0.2) is 18.3 Å². The number of piperidine rings is 1. The molecular weight excluding hydrogens is 386 g/mol. The summed E-state index contributed by atoms with van der Waals surface area (Å²) in [5.41, 5.74) is 0.672. The summed E-state index contributed by atoms with van der Waals surface area (Å²) in [6.45, 7) is 6.54. The molecule has 4 aliphatic rings. The molecule has 2 heterocycles. The van der Waals surface area contributed by atoms with Crippen LogP contribution in [0.15, 0.2) is 24.8 Å². The molecule has 2 bridgehead atoms. The first-order chi connectivity index (χ1) is 14.6. The Balaban J connectivity index is 1.54. The summed E-state index contributed by atoms with van der Waals surface area (Å²) in [7, 11) is 1.63. The van der Waals surface area contributed by atoms with E-state index in [9.17, 15) is 10.2 Å². The van der Waals surface area contributed by atoms with Gasteiger partial charge in [-0.05, 0) is 43.9 Å². The monoisotopic (exact) mass is 417 g/mol. The fourth-order valence-corrected chi connectivity index (χ4v) is 6.40. The Morgan fingerprint density at radius 1 is 1.33 bits per heavy atom. The molecule has 5 atom stereocenters. The molecule has 0 unspecified atom stereocenters. The number of hydrogen-bond donors (Lipinski definition) is 2. The van der Waals surface area contributed by atoms with Crippen molar-refractivity contribution in [3.8, 4) is 11.5 Å². The second kappa shape index (κ2) is 7.50. The van der Waals surface area contributed by atoms with Crippen LogP contribution in [-0.2, 0) is 21.3 Å². The summed E-state index contributed by atoms with van der Waals surface area (Å²) < 4.78 is 22.8. The van der Waals surface area contributed by atoms with Crippen molar-refractivity contribution in [2.24, 2.45) is 0 Å². The predicted molar refractivity (Wildman–Crippen MR) is 110 cm³/mol. The highest BCUT2D eigenvalue weighted by Crippen LogP contribution is 2.65.